The molecule has 0 aliphatic heterocycles. The van der Waals surface area contributed by atoms with Gasteiger partial charge in [0.15, 0.2) is 0 Å². The van der Waals surface area contributed by atoms with E-state index in [2.05, 4.69) is 33.0 Å². The Labute approximate surface area is 166 Å². The first kappa shape index (κ1) is 21.6. The molecular weight excluding hydrogens is 355 g/mol. The van der Waals surface area contributed by atoms with E-state index in [9.17, 15) is 14.0 Å². The molecule has 28 heavy (non-hydrogen) atoms. The summed E-state index contributed by atoms with van der Waals surface area (Å²) in [4.78, 5) is 26.5. The van der Waals surface area contributed by atoms with E-state index in [0.717, 1.165) is 16.8 Å². The zero-order chi connectivity index (χ0) is 20.8. The van der Waals surface area contributed by atoms with E-state index in [1.165, 1.54) is 17.9 Å². The molecule has 0 saturated carbocycles. The molecule has 150 valence electrons. The maximum absolute atomic E-state index is 13.8. The standard InChI is InChI=1S/C23H29FN2O2/c1-15(2)19-10-8-11-20(16(3)4)23(19)26(17(5)27)14-22(28)25-13-18-9-6-7-12-21(18)24/h6-12,15-16H,13-14H2,1-5H3,(H,25,28). The summed E-state index contributed by atoms with van der Waals surface area (Å²) in [5, 5.41) is 2.72. The predicted octanol–water partition coefficient (Wildman–Crippen LogP) is 4.74. The summed E-state index contributed by atoms with van der Waals surface area (Å²) >= 11 is 0. The smallest absolute Gasteiger partial charge is 0.240 e. The number of amides is 2. The maximum atomic E-state index is 13.8. The Balaban J connectivity index is 2.27. The van der Waals surface area contributed by atoms with Crippen molar-refractivity contribution in [3.05, 3.63) is 65.0 Å². The number of carbonyl (C=O) groups is 2. The average Bonchev–Trinajstić information content (AvgIpc) is 2.64. The van der Waals surface area contributed by atoms with Crippen LogP contribution in [0.25, 0.3) is 0 Å². The predicted molar refractivity (Wildman–Crippen MR) is 111 cm³/mol. The first-order valence-corrected chi connectivity index (χ1v) is 9.63. The van der Waals surface area contributed by atoms with Crippen LogP contribution in [0.3, 0.4) is 0 Å². The first-order valence-electron chi connectivity index (χ1n) is 9.63. The number of halogens is 1. The quantitative estimate of drug-likeness (QED) is 0.749. The van der Waals surface area contributed by atoms with E-state index in [4.69, 9.17) is 0 Å². The van der Waals surface area contributed by atoms with Crippen molar-refractivity contribution in [2.75, 3.05) is 11.4 Å². The first-order chi connectivity index (χ1) is 13.2. The van der Waals surface area contributed by atoms with Crippen LogP contribution in [-0.4, -0.2) is 18.4 Å². The van der Waals surface area contributed by atoms with Crippen LogP contribution in [0.2, 0.25) is 0 Å². The fraction of sp³-hybridized carbons (Fsp3) is 0.391. The molecule has 0 atom stereocenters. The number of benzene rings is 2. The zero-order valence-corrected chi connectivity index (χ0v) is 17.3. The summed E-state index contributed by atoms with van der Waals surface area (Å²) < 4.78 is 13.8. The monoisotopic (exact) mass is 384 g/mol. The Morgan fingerprint density at radius 2 is 1.54 bits per heavy atom. The maximum Gasteiger partial charge on any atom is 0.240 e. The van der Waals surface area contributed by atoms with Crippen molar-refractivity contribution in [1.82, 2.24) is 5.32 Å². The van der Waals surface area contributed by atoms with Gasteiger partial charge in [0, 0.05) is 19.0 Å². The van der Waals surface area contributed by atoms with Crippen LogP contribution in [0.5, 0.6) is 0 Å². The van der Waals surface area contributed by atoms with Gasteiger partial charge in [0.1, 0.15) is 12.4 Å². The van der Waals surface area contributed by atoms with Crippen molar-refractivity contribution in [3.63, 3.8) is 0 Å². The van der Waals surface area contributed by atoms with Crippen molar-refractivity contribution in [3.8, 4) is 0 Å². The van der Waals surface area contributed by atoms with Crippen LogP contribution in [-0.2, 0) is 16.1 Å². The van der Waals surface area contributed by atoms with Gasteiger partial charge in [-0.1, -0.05) is 64.1 Å². The van der Waals surface area contributed by atoms with Crippen molar-refractivity contribution >= 4 is 17.5 Å². The third-order valence-corrected chi connectivity index (χ3v) is 4.73. The number of para-hydroxylation sites is 1. The van der Waals surface area contributed by atoms with Crippen LogP contribution < -0.4 is 10.2 Å². The molecule has 0 unspecified atom stereocenters. The summed E-state index contributed by atoms with van der Waals surface area (Å²) in [5.74, 6) is -0.477. The highest BCUT2D eigenvalue weighted by Crippen LogP contribution is 2.35. The van der Waals surface area contributed by atoms with Crippen molar-refractivity contribution < 1.29 is 14.0 Å². The molecular formula is C23H29FN2O2. The molecule has 0 aliphatic rings. The minimum Gasteiger partial charge on any atom is -0.350 e. The second-order valence-electron chi connectivity index (χ2n) is 7.57. The molecule has 0 aromatic heterocycles. The molecule has 0 spiro atoms. The summed E-state index contributed by atoms with van der Waals surface area (Å²) in [6, 6.07) is 12.3. The van der Waals surface area contributed by atoms with E-state index < -0.39 is 0 Å². The van der Waals surface area contributed by atoms with Gasteiger partial charge in [-0.3, -0.25) is 9.59 Å². The van der Waals surface area contributed by atoms with Crippen LogP contribution >= 0.6 is 0 Å². The molecule has 0 fully saturated rings. The molecule has 0 heterocycles. The van der Waals surface area contributed by atoms with E-state index in [-0.39, 0.29) is 42.6 Å². The third kappa shape index (κ3) is 5.18. The topological polar surface area (TPSA) is 49.4 Å². The molecule has 0 radical (unpaired) electrons. The van der Waals surface area contributed by atoms with Crippen LogP contribution in [0.1, 0.15) is 63.1 Å². The average molecular weight is 384 g/mol. The fourth-order valence-corrected chi connectivity index (χ4v) is 3.21. The summed E-state index contributed by atoms with van der Waals surface area (Å²) in [6.07, 6.45) is 0. The van der Waals surface area contributed by atoms with Crippen molar-refractivity contribution in [2.24, 2.45) is 0 Å². The highest BCUT2D eigenvalue weighted by Gasteiger charge is 2.24. The van der Waals surface area contributed by atoms with E-state index in [1.54, 1.807) is 18.2 Å². The summed E-state index contributed by atoms with van der Waals surface area (Å²) in [5.41, 5.74) is 3.28. The van der Waals surface area contributed by atoms with Crippen molar-refractivity contribution in [1.29, 1.82) is 0 Å². The van der Waals surface area contributed by atoms with Crippen LogP contribution in [0.4, 0.5) is 10.1 Å². The summed E-state index contributed by atoms with van der Waals surface area (Å²) in [6.45, 7) is 9.72. The van der Waals surface area contributed by atoms with Crippen LogP contribution in [0.15, 0.2) is 42.5 Å². The highest BCUT2D eigenvalue weighted by molar-refractivity contribution is 5.99. The molecule has 2 amide bonds. The molecule has 4 nitrogen and oxygen atoms in total. The van der Waals surface area contributed by atoms with Crippen molar-refractivity contribution in [2.45, 2.75) is 53.0 Å². The molecule has 2 aromatic carbocycles. The van der Waals surface area contributed by atoms with E-state index in [1.807, 2.05) is 18.2 Å². The Morgan fingerprint density at radius 1 is 0.964 bits per heavy atom. The summed E-state index contributed by atoms with van der Waals surface area (Å²) in [7, 11) is 0. The Bertz CT molecular complexity index is 820. The number of rotatable bonds is 7. The van der Waals surface area contributed by atoms with Gasteiger partial charge in [-0.2, -0.15) is 0 Å². The number of hydrogen-bond acceptors (Lipinski definition) is 2. The fourth-order valence-electron chi connectivity index (χ4n) is 3.21. The lowest BCUT2D eigenvalue weighted by molar-refractivity contribution is -0.123. The Hall–Kier alpha value is -2.69. The number of nitrogens with one attached hydrogen (secondary N) is 1. The minimum absolute atomic E-state index is 0.0834. The van der Waals surface area contributed by atoms with Gasteiger partial charge in [-0.25, -0.2) is 4.39 Å². The van der Waals surface area contributed by atoms with Gasteiger partial charge < -0.3 is 10.2 Å². The molecule has 1 N–H and O–H groups in total. The number of hydrogen-bond donors (Lipinski definition) is 1. The zero-order valence-electron chi connectivity index (χ0n) is 17.3. The van der Waals surface area contributed by atoms with Gasteiger partial charge in [0.25, 0.3) is 0 Å². The normalized spacial score (nSPS) is 11.0. The number of carbonyl (C=O) groups excluding carboxylic acids is 2. The molecule has 0 aliphatic carbocycles. The third-order valence-electron chi connectivity index (χ3n) is 4.73. The van der Waals surface area contributed by atoms with Gasteiger partial charge in [0.05, 0.1) is 5.69 Å². The minimum atomic E-state index is -0.363. The second kappa shape index (κ2) is 9.49. The van der Waals surface area contributed by atoms with Crippen LogP contribution in [0, 0.1) is 5.82 Å². The van der Waals surface area contributed by atoms with E-state index >= 15 is 0 Å². The lowest BCUT2D eigenvalue weighted by atomic mass is 9.91. The lowest BCUT2D eigenvalue weighted by Crippen LogP contribution is -2.40. The lowest BCUT2D eigenvalue weighted by Gasteiger charge is -2.29. The SMILES string of the molecule is CC(=O)N(CC(=O)NCc1ccccc1F)c1c(C(C)C)cccc1C(C)C. The van der Waals surface area contributed by atoms with Gasteiger partial charge in [-0.15, -0.1) is 0 Å². The Morgan fingerprint density at radius 3 is 2.04 bits per heavy atom. The van der Waals surface area contributed by atoms with E-state index in [0.29, 0.717) is 5.56 Å². The molecule has 0 bridgehead atoms. The Kier molecular flexibility index (Phi) is 7.32. The van der Waals surface area contributed by atoms with Gasteiger partial charge in [-0.05, 0) is 29.0 Å². The molecule has 2 aromatic rings. The number of anilines is 1. The molecule has 0 saturated heterocycles. The van der Waals surface area contributed by atoms with Gasteiger partial charge >= 0.3 is 0 Å². The largest absolute Gasteiger partial charge is 0.350 e. The highest BCUT2D eigenvalue weighted by atomic mass is 19.1. The molecule has 5 heteroatoms. The second-order valence-corrected chi connectivity index (χ2v) is 7.57. The van der Waals surface area contributed by atoms with Gasteiger partial charge in [0.2, 0.25) is 11.8 Å². The number of nitrogens with zero attached hydrogens (tertiary/aromatic N) is 1. The molecule has 2 rings (SSSR count).